The molecule has 10 heteroatoms. The highest BCUT2D eigenvalue weighted by atomic mass is 32.2. The zero-order valence-corrected chi connectivity index (χ0v) is 13.5. The summed E-state index contributed by atoms with van der Waals surface area (Å²) in [5, 5.41) is 21.4. The van der Waals surface area contributed by atoms with Crippen LogP contribution in [0.5, 0.6) is 5.75 Å². The average Bonchev–Trinajstić information content (AvgIpc) is 2.92. The molecule has 2 rings (SSSR count). The molecular formula is C13H15N5O4S. The monoisotopic (exact) mass is 337 g/mol. The first-order valence-electron chi connectivity index (χ1n) is 6.56. The maximum Gasteiger partial charge on any atom is 0.296 e. The second-order valence-corrected chi connectivity index (χ2v) is 5.92. The molecule has 2 aromatic rings. The number of aryl methyl sites for hydroxylation is 1. The van der Waals surface area contributed by atoms with Gasteiger partial charge in [-0.1, -0.05) is 11.8 Å². The molecule has 23 heavy (non-hydrogen) atoms. The lowest BCUT2D eigenvalue weighted by molar-refractivity contribution is -0.384. The predicted molar refractivity (Wildman–Crippen MR) is 84.6 cm³/mol. The standard InChI is InChI=1S/C13H15N5O4S/c1-8(23-13-16-14-7-17(13)2)12(19)15-10-5-4-9(22-3)6-11(10)18(20)21/h4-8H,1-3H3,(H,15,19)/t8-/m1/s1. The summed E-state index contributed by atoms with van der Waals surface area (Å²) in [7, 11) is 3.18. The fourth-order valence-corrected chi connectivity index (χ4v) is 2.51. The molecule has 0 aliphatic carbocycles. The Hall–Kier alpha value is -2.62. The molecular weight excluding hydrogens is 322 g/mol. The van der Waals surface area contributed by atoms with Crippen molar-refractivity contribution in [2.24, 2.45) is 7.05 Å². The normalized spacial score (nSPS) is 11.8. The number of rotatable bonds is 6. The number of hydrogen-bond acceptors (Lipinski definition) is 7. The minimum atomic E-state index is -0.571. The minimum Gasteiger partial charge on any atom is -0.496 e. The second kappa shape index (κ2) is 7.09. The van der Waals surface area contributed by atoms with E-state index in [0.717, 1.165) is 0 Å². The second-order valence-electron chi connectivity index (χ2n) is 4.61. The van der Waals surface area contributed by atoms with Gasteiger partial charge >= 0.3 is 0 Å². The van der Waals surface area contributed by atoms with Crippen LogP contribution >= 0.6 is 11.8 Å². The quantitative estimate of drug-likeness (QED) is 0.486. The van der Waals surface area contributed by atoms with E-state index < -0.39 is 10.2 Å². The van der Waals surface area contributed by atoms with E-state index in [1.807, 2.05) is 0 Å². The van der Waals surface area contributed by atoms with Crippen molar-refractivity contribution < 1.29 is 14.5 Å². The van der Waals surface area contributed by atoms with Gasteiger partial charge in [0.05, 0.1) is 23.3 Å². The first-order chi connectivity index (χ1) is 10.9. The summed E-state index contributed by atoms with van der Waals surface area (Å²) in [5.41, 5.74) is -0.111. The lowest BCUT2D eigenvalue weighted by Crippen LogP contribution is -2.23. The fraction of sp³-hybridized carbons (Fsp3) is 0.308. The van der Waals surface area contributed by atoms with Crippen LogP contribution in [0.1, 0.15) is 6.92 Å². The van der Waals surface area contributed by atoms with Gasteiger partial charge in [-0.2, -0.15) is 0 Å². The Kier molecular flexibility index (Phi) is 5.16. The lowest BCUT2D eigenvalue weighted by Gasteiger charge is -2.12. The zero-order chi connectivity index (χ0) is 17.0. The summed E-state index contributed by atoms with van der Waals surface area (Å²) >= 11 is 1.21. The Bertz CT molecular complexity index is 733. The van der Waals surface area contributed by atoms with Crippen molar-refractivity contribution in [3.63, 3.8) is 0 Å². The van der Waals surface area contributed by atoms with E-state index in [1.165, 1.54) is 37.3 Å². The van der Waals surface area contributed by atoms with Crippen molar-refractivity contribution in [2.45, 2.75) is 17.3 Å². The molecule has 9 nitrogen and oxygen atoms in total. The van der Waals surface area contributed by atoms with E-state index in [2.05, 4.69) is 15.5 Å². The number of nitro benzene ring substituents is 1. The van der Waals surface area contributed by atoms with Crippen molar-refractivity contribution in [3.05, 3.63) is 34.6 Å². The molecule has 0 fully saturated rings. The van der Waals surface area contributed by atoms with Crippen LogP contribution in [-0.4, -0.2) is 38.0 Å². The number of anilines is 1. The summed E-state index contributed by atoms with van der Waals surface area (Å²) < 4.78 is 6.64. The first kappa shape index (κ1) is 16.7. The van der Waals surface area contributed by atoms with Gasteiger partial charge in [-0.25, -0.2) is 0 Å². The number of aromatic nitrogens is 3. The Morgan fingerprint density at radius 1 is 1.52 bits per heavy atom. The average molecular weight is 337 g/mol. The number of nitro groups is 1. The molecule has 122 valence electrons. The summed E-state index contributed by atoms with van der Waals surface area (Å²) in [6.45, 7) is 1.68. The number of methoxy groups -OCH3 is 1. The highest BCUT2D eigenvalue weighted by Crippen LogP contribution is 2.30. The van der Waals surface area contributed by atoms with Crippen LogP contribution in [0.15, 0.2) is 29.7 Å². The van der Waals surface area contributed by atoms with E-state index in [-0.39, 0.29) is 17.3 Å². The molecule has 0 aliphatic heterocycles. The lowest BCUT2D eigenvalue weighted by atomic mass is 10.2. The van der Waals surface area contributed by atoms with Crippen LogP contribution in [0, 0.1) is 10.1 Å². The smallest absolute Gasteiger partial charge is 0.296 e. The van der Waals surface area contributed by atoms with Crippen LogP contribution in [0.4, 0.5) is 11.4 Å². The van der Waals surface area contributed by atoms with Crippen molar-refractivity contribution in [3.8, 4) is 5.75 Å². The number of ether oxygens (including phenoxy) is 1. The van der Waals surface area contributed by atoms with Crippen molar-refractivity contribution in [1.82, 2.24) is 14.8 Å². The first-order valence-corrected chi connectivity index (χ1v) is 7.44. The number of carbonyl (C=O) groups excluding carboxylic acids is 1. The third-order valence-corrected chi connectivity index (χ3v) is 4.13. The molecule has 0 saturated carbocycles. The number of carbonyl (C=O) groups is 1. The van der Waals surface area contributed by atoms with Crippen LogP contribution in [0.25, 0.3) is 0 Å². The van der Waals surface area contributed by atoms with Crippen molar-refractivity contribution in [1.29, 1.82) is 0 Å². The molecule has 1 amide bonds. The Balaban J connectivity index is 2.13. The minimum absolute atomic E-state index is 0.117. The van der Waals surface area contributed by atoms with E-state index in [9.17, 15) is 14.9 Å². The van der Waals surface area contributed by atoms with E-state index in [4.69, 9.17) is 4.74 Å². The van der Waals surface area contributed by atoms with Crippen molar-refractivity contribution >= 4 is 29.0 Å². The van der Waals surface area contributed by atoms with E-state index in [1.54, 1.807) is 24.6 Å². The molecule has 0 bridgehead atoms. The van der Waals surface area contributed by atoms with Crippen molar-refractivity contribution in [2.75, 3.05) is 12.4 Å². The van der Waals surface area contributed by atoms with Crippen LogP contribution in [-0.2, 0) is 11.8 Å². The third-order valence-electron chi connectivity index (χ3n) is 2.98. The van der Waals surface area contributed by atoms with Gasteiger partial charge in [-0.05, 0) is 19.1 Å². The number of amides is 1. The van der Waals surface area contributed by atoms with E-state index >= 15 is 0 Å². The van der Waals surface area contributed by atoms with Crippen LogP contribution < -0.4 is 10.1 Å². The SMILES string of the molecule is COc1ccc(NC(=O)[C@@H](C)Sc2nncn2C)c([N+](=O)[O-])c1. The van der Waals surface area contributed by atoms with Gasteiger partial charge in [0.15, 0.2) is 5.16 Å². The number of nitrogens with one attached hydrogen (secondary N) is 1. The summed E-state index contributed by atoms with van der Waals surface area (Å²) in [6.07, 6.45) is 1.53. The zero-order valence-electron chi connectivity index (χ0n) is 12.7. The van der Waals surface area contributed by atoms with Crippen LogP contribution in [0.2, 0.25) is 0 Å². The molecule has 0 spiro atoms. The van der Waals surface area contributed by atoms with Gasteiger partial charge in [-0.15, -0.1) is 10.2 Å². The Labute approximate surface area is 136 Å². The van der Waals surface area contributed by atoms with Gasteiger partial charge in [0.25, 0.3) is 5.69 Å². The van der Waals surface area contributed by atoms with E-state index in [0.29, 0.717) is 10.9 Å². The van der Waals surface area contributed by atoms with Gasteiger partial charge in [0, 0.05) is 7.05 Å². The molecule has 1 N–H and O–H groups in total. The maximum atomic E-state index is 12.2. The van der Waals surface area contributed by atoms with Crippen LogP contribution in [0.3, 0.4) is 0 Å². The number of nitrogens with zero attached hydrogens (tertiary/aromatic N) is 4. The largest absolute Gasteiger partial charge is 0.496 e. The third kappa shape index (κ3) is 3.97. The van der Waals surface area contributed by atoms with Gasteiger partial charge in [-0.3, -0.25) is 14.9 Å². The molecule has 1 heterocycles. The van der Waals surface area contributed by atoms with Gasteiger partial charge in [0.2, 0.25) is 5.91 Å². The molecule has 0 saturated heterocycles. The maximum absolute atomic E-state index is 12.2. The number of benzene rings is 1. The van der Waals surface area contributed by atoms with Gasteiger partial charge < -0.3 is 14.6 Å². The molecule has 1 atom stereocenters. The Morgan fingerprint density at radius 2 is 2.26 bits per heavy atom. The summed E-state index contributed by atoms with van der Waals surface area (Å²) in [4.78, 5) is 22.8. The topological polar surface area (TPSA) is 112 Å². The predicted octanol–water partition coefficient (Wildman–Crippen LogP) is 1.85. The highest BCUT2D eigenvalue weighted by Gasteiger charge is 2.22. The highest BCUT2D eigenvalue weighted by molar-refractivity contribution is 8.00. The summed E-state index contributed by atoms with van der Waals surface area (Å²) in [5.74, 6) is -0.0255. The molecule has 1 aromatic heterocycles. The fourth-order valence-electron chi connectivity index (χ4n) is 1.72. The number of hydrogen-bond donors (Lipinski definition) is 1. The molecule has 0 radical (unpaired) electrons. The molecule has 1 aromatic carbocycles. The summed E-state index contributed by atoms with van der Waals surface area (Å²) in [6, 6.07) is 4.24. The number of thioether (sulfide) groups is 1. The Morgan fingerprint density at radius 3 is 2.83 bits per heavy atom. The molecule has 0 aliphatic rings. The van der Waals surface area contributed by atoms with Gasteiger partial charge in [0.1, 0.15) is 17.8 Å². The molecule has 0 unspecified atom stereocenters.